The van der Waals surface area contributed by atoms with Crippen LogP contribution in [0.4, 0.5) is 0 Å². The van der Waals surface area contributed by atoms with E-state index in [-0.39, 0.29) is 0 Å². The van der Waals surface area contributed by atoms with Gasteiger partial charge in [0.05, 0.1) is 10.0 Å². The lowest BCUT2D eigenvalue weighted by Crippen LogP contribution is -2.33. The molecule has 0 saturated heterocycles. The minimum atomic E-state index is 0.669. The Bertz CT molecular complexity index is 419. The van der Waals surface area contributed by atoms with Gasteiger partial charge in [0.1, 0.15) is 0 Å². The van der Waals surface area contributed by atoms with Crippen molar-refractivity contribution in [1.29, 1.82) is 0 Å². The summed E-state index contributed by atoms with van der Waals surface area (Å²) in [5, 5.41) is 5.07. The Hall–Kier alpha value is -0.240. The van der Waals surface area contributed by atoms with Crippen molar-refractivity contribution in [3.05, 3.63) is 33.8 Å². The molecule has 0 amide bonds. The van der Waals surface area contributed by atoms with E-state index in [1.807, 2.05) is 12.1 Å². The van der Waals surface area contributed by atoms with Crippen LogP contribution in [-0.2, 0) is 6.42 Å². The van der Waals surface area contributed by atoms with Crippen LogP contribution in [0.25, 0.3) is 0 Å². The van der Waals surface area contributed by atoms with E-state index in [0.717, 1.165) is 18.0 Å². The second kappa shape index (κ2) is 6.97. The summed E-state index contributed by atoms with van der Waals surface area (Å²) >= 11 is 12.4. The lowest BCUT2D eigenvalue weighted by molar-refractivity contribution is 0.351. The average molecular weight is 300 g/mol. The second-order valence-corrected chi connectivity index (χ2v) is 6.46. The van der Waals surface area contributed by atoms with E-state index in [1.54, 1.807) is 0 Å². The largest absolute Gasteiger partial charge is 0.314 e. The predicted octanol–water partition coefficient (Wildman–Crippen LogP) is 4.95. The molecule has 0 bridgehead atoms. The zero-order chi connectivity index (χ0) is 13.8. The van der Waals surface area contributed by atoms with Gasteiger partial charge in [0.2, 0.25) is 0 Å². The van der Waals surface area contributed by atoms with Crippen molar-refractivity contribution in [2.75, 3.05) is 6.54 Å². The highest BCUT2D eigenvalue weighted by molar-refractivity contribution is 6.42. The zero-order valence-corrected chi connectivity index (χ0v) is 13.3. The number of benzene rings is 1. The topological polar surface area (TPSA) is 12.0 Å². The number of hydrogen-bond donors (Lipinski definition) is 1. The van der Waals surface area contributed by atoms with E-state index >= 15 is 0 Å². The molecule has 1 aliphatic rings. The van der Waals surface area contributed by atoms with Crippen LogP contribution in [0, 0.1) is 11.8 Å². The second-order valence-electron chi connectivity index (χ2n) is 5.67. The average Bonchev–Trinajstić information content (AvgIpc) is 2.74. The van der Waals surface area contributed by atoms with Gasteiger partial charge >= 0.3 is 0 Å². The summed E-state index contributed by atoms with van der Waals surface area (Å²) in [5.74, 6) is 1.42. The number of nitrogens with one attached hydrogen (secondary N) is 1. The van der Waals surface area contributed by atoms with Crippen LogP contribution in [0.3, 0.4) is 0 Å². The SMILES string of the molecule is CCCNC1CCC(Cc2cccc(Cl)c2Cl)C1C. The van der Waals surface area contributed by atoms with Gasteiger partial charge in [-0.25, -0.2) is 0 Å². The molecule has 1 N–H and O–H groups in total. The maximum Gasteiger partial charge on any atom is 0.0624 e. The van der Waals surface area contributed by atoms with Crippen LogP contribution in [0.5, 0.6) is 0 Å². The maximum atomic E-state index is 6.29. The molecule has 0 spiro atoms. The molecule has 0 heterocycles. The molecule has 3 heteroatoms. The number of halogens is 2. The van der Waals surface area contributed by atoms with Crippen molar-refractivity contribution in [2.24, 2.45) is 11.8 Å². The van der Waals surface area contributed by atoms with Crippen LogP contribution in [-0.4, -0.2) is 12.6 Å². The molecule has 0 radical (unpaired) electrons. The Morgan fingerprint density at radius 1 is 1.26 bits per heavy atom. The van der Waals surface area contributed by atoms with Gasteiger partial charge in [0, 0.05) is 6.04 Å². The van der Waals surface area contributed by atoms with E-state index in [9.17, 15) is 0 Å². The summed E-state index contributed by atoms with van der Waals surface area (Å²) in [4.78, 5) is 0. The first-order valence-corrected chi connectivity index (χ1v) is 8.05. The Morgan fingerprint density at radius 2 is 2.05 bits per heavy atom. The van der Waals surface area contributed by atoms with E-state index in [2.05, 4.69) is 25.2 Å². The quantitative estimate of drug-likeness (QED) is 0.811. The summed E-state index contributed by atoms with van der Waals surface area (Å²) in [6.45, 7) is 5.71. The summed E-state index contributed by atoms with van der Waals surface area (Å²) in [7, 11) is 0. The molecule has 3 atom stereocenters. The van der Waals surface area contributed by atoms with Gasteiger partial charge in [-0.3, -0.25) is 0 Å². The predicted molar refractivity (Wildman–Crippen MR) is 84.1 cm³/mol. The fourth-order valence-corrected chi connectivity index (χ4v) is 3.54. The van der Waals surface area contributed by atoms with E-state index in [1.165, 1.54) is 24.8 Å². The first-order valence-electron chi connectivity index (χ1n) is 7.29. The van der Waals surface area contributed by atoms with Gasteiger partial charge in [0.25, 0.3) is 0 Å². The highest BCUT2D eigenvalue weighted by Gasteiger charge is 2.32. The fraction of sp³-hybridized carbons (Fsp3) is 0.625. The summed E-state index contributed by atoms with van der Waals surface area (Å²) in [6, 6.07) is 6.63. The molecule has 1 fully saturated rings. The minimum absolute atomic E-state index is 0.669. The Morgan fingerprint density at radius 3 is 2.79 bits per heavy atom. The van der Waals surface area contributed by atoms with Gasteiger partial charge < -0.3 is 5.32 Å². The third-order valence-electron chi connectivity index (χ3n) is 4.40. The van der Waals surface area contributed by atoms with Crippen LogP contribution in [0.1, 0.15) is 38.7 Å². The first-order chi connectivity index (χ1) is 9.13. The van der Waals surface area contributed by atoms with Crippen molar-refractivity contribution < 1.29 is 0 Å². The molecule has 1 aromatic rings. The number of hydrogen-bond acceptors (Lipinski definition) is 1. The molecule has 1 aromatic carbocycles. The molecule has 0 aliphatic heterocycles. The van der Waals surface area contributed by atoms with Crippen molar-refractivity contribution in [3.63, 3.8) is 0 Å². The van der Waals surface area contributed by atoms with Crippen LogP contribution in [0.15, 0.2) is 18.2 Å². The molecule has 1 aliphatic carbocycles. The molecule has 3 unspecified atom stereocenters. The van der Waals surface area contributed by atoms with Gasteiger partial charge in [-0.1, -0.05) is 49.2 Å². The molecule has 106 valence electrons. The van der Waals surface area contributed by atoms with Gasteiger partial charge in [-0.05, 0) is 55.7 Å². The zero-order valence-electron chi connectivity index (χ0n) is 11.8. The Labute approximate surface area is 126 Å². The van der Waals surface area contributed by atoms with E-state index in [0.29, 0.717) is 22.9 Å². The molecular formula is C16H23Cl2N. The monoisotopic (exact) mass is 299 g/mol. The maximum absolute atomic E-state index is 6.29. The van der Waals surface area contributed by atoms with Gasteiger partial charge in [-0.2, -0.15) is 0 Å². The highest BCUT2D eigenvalue weighted by atomic mass is 35.5. The molecule has 2 rings (SSSR count). The van der Waals surface area contributed by atoms with Crippen LogP contribution in [0.2, 0.25) is 10.0 Å². The smallest absolute Gasteiger partial charge is 0.0624 e. The molecule has 19 heavy (non-hydrogen) atoms. The summed E-state index contributed by atoms with van der Waals surface area (Å²) in [5.41, 5.74) is 1.20. The third kappa shape index (κ3) is 3.65. The van der Waals surface area contributed by atoms with Gasteiger partial charge in [-0.15, -0.1) is 0 Å². The van der Waals surface area contributed by atoms with Crippen molar-refractivity contribution in [2.45, 2.75) is 45.6 Å². The Balaban J connectivity index is 1.98. The standard InChI is InChI=1S/C16H23Cl2N/c1-3-9-19-15-8-7-12(11(15)2)10-13-5-4-6-14(17)16(13)18/h4-6,11-12,15,19H,3,7-10H2,1-2H3. The third-order valence-corrected chi connectivity index (χ3v) is 5.25. The van der Waals surface area contributed by atoms with Crippen molar-refractivity contribution in [3.8, 4) is 0 Å². The first kappa shape index (κ1) is 15.2. The lowest BCUT2D eigenvalue weighted by Gasteiger charge is -2.22. The van der Waals surface area contributed by atoms with E-state index in [4.69, 9.17) is 23.2 Å². The molecule has 1 saturated carbocycles. The molecular weight excluding hydrogens is 277 g/mol. The summed E-state index contributed by atoms with van der Waals surface area (Å²) < 4.78 is 0. The highest BCUT2D eigenvalue weighted by Crippen LogP contribution is 2.36. The van der Waals surface area contributed by atoms with Crippen molar-refractivity contribution >= 4 is 23.2 Å². The van der Waals surface area contributed by atoms with E-state index < -0.39 is 0 Å². The number of rotatable bonds is 5. The summed E-state index contributed by atoms with van der Waals surface area (Å²) in [6.07, 6.45) is 4.81. The minimum Gasteiger partial charge on any atom is -0.314 e. The molecule has 0 aromatic heterocycles. The van der Waals surface area contributed by atoms with Gasteiger partial charge in [0.15, 0.2) is 0 Å². The lowest BCUT2D eigenvalue weighted by atomic mass is 9.89. The van der Waals surface area contributed by atoms with Crippen LogP contribution < -0.4 is 5.32 Å². The molecule has 1 nitrogen and oxygen atoms in total. The fourth-order valence-electron chi connectivity index (χ4n) is 3.14. The normalized spacial score (nSPS) is 26.8. The van der Waals surface area contributed by atoms with Crippen LogP contribution >= 0.6 is 23.2 Å². The Kier molecular flexibility index (Phi) is 5.56. The van der Waals surface area contributed by atoms with Crippen molar-refractivity contribution in [1.82, 2.24) is 5.32 Å².